The quantitative estimate of drug-likeness (QED) is 0.646. The molecule has 0 spiro atoms. The van der Waals surface area contributed by atoms with Gasteiger partial charge in [0.15, 0.2) is 0 Å². The number of likely N-dealkylation sites (tertiary alicyclic amines) is 1. The van der Waals surface area contributed by atoms with Gasteiger partial charge in [0, 0.05) is 53.5 Å². The van der Waals surface area contributed by atoms with Gasteiger partial charge >= 0.3 is 0 Å². The number of methoxy groups -OCH3 is 1. The number of hydrogen-bond donors (Lipinski definition) is 1. The van der Waals surface area contributed by atoms with E-state index in [9.17, 15) is 4.39 Å². The average Bonchev–Trinajstić information content (AvgIpc) is 2.71. The van der Waals surface area contributed by atoms with Gasteiger partial charge in [0.25, 0.3) is 0 Å². The molecule has 4 rings (SSSR count). The number of pyridine rings is 1. The second-order valence-electron chi connectivity index (χ2n) is 7.14. The molecule has 0 aliphatic carbocycles. The third kappa shape index (κ3) is 4.05. The molecule has 6 heteroatoms. The minimum atomic E-state index is -0.207. The predicted molar refractivity (Wildman–Crippen MR) is 112 cm³/mol. The highest BCUT2D eigenvalue weighted by atomic mass is 35.5. The summed E-state index contributed by atoms with van der Waals surface area (Å²) in [6.07, 6.45) is 3.79. The number of hydrogen-bond acceptors (Lipinski definition) is 4. The van der Waals surface area contributed by atoms with E-state index in [0.29, 0.717) is 28.9 Å². The molecule has 146 valence electrons. The van der Waals surface area contributed by atoms with Gasteiger partial charge < -0.3 is 10.1 Å². The summed E-state index contributed by atoms with van der Waals surface area (Å²) in [6.45, 7) is 2.38. The van der Waals surface area contributed by atoms with Crippen molar-refractivity contribution in [2.45, 2.75) is 25.4 Å². The van der Waals surface area contributed by atoms with Crippen molar-refractivity contribution < 1.29 is 9.13 Å². The van der Waals surface area contributed by atoms with Crippen LogP contribution in [0.25, 0.3) is 10.9 Å². The summed E-state index contributed by atoms with van der Waals surface area (Å²) in [7, 11) is 1.58. The van der Waals surface area contributed by atoms with Gasteiger partial charge in [0.2, 0.25) is 0 Å². The molecule has 4 nitrogen and oxygen atoms in total. The first kappa shape index (κ1) is 19.0. The minimum absolute atomic E-state index is 0.207. The molecule has 0 atom stereocenters. The summed E-state index contributed by atoms with van der Waals surface area (Å²) in [5.74, 6) is 0.406. The summed E-state index contributed by atoms with van der Waals surface area (Å²) < 4.78 is 19.5. The van der Waals surface area contributed by atoms with Crippen molar-refractivity contribution in [1.82, 2.24) is 9.88 Å². The molecule has 0 saturated carbocycles. The molecule has 0 unspecified atom stereocenters. The SMILES string of the molecule is COc1cccc(F)c1CN1CCC(Nc2ccnc3cc(Cl)ccc23)CC1. The first-order valence-electron chi connectivity index (χ1n) is 9.48. The van der Waals surface area contributed by atoms with Gasteiger partial charge in [-0.25, -0.2) is 4.39 Å². The van der Waals surface area contributed by atoms with E-state index in [4.69, 9.17) is 16.3 Å². The van der Waals surface area contributed by atoms with Crippen molar-refractivity contribution in [2.24, 2.45) is 0 Å². The number of piperidine rings is 1. The van der Waals surface area contributed by atoms with E-state index >= 15 is 0 Å². The Hall–Kier alpha value is -2.37. The van der Waals surface area contributed by atoms with Crippen LogP contribution in [0.5, 0.6) is 5.75 Å². The van der Waals surface area contributed by atoms with E-state index in [-0.39, 0.29) is 5.82 Å². The van der Waals surface area contributed by atoms with Crippen LogP contribution >= 0.6 is 11.6 Å². The summed E-state index contributed by atoms with van der Waals surface area (Å²) in [5.41, 5.74) is 2.60. The van der Waals surface area contributed by atoms with Gasteiger partial charge in [-0.3, -0.25) is 9.88 Å². The van der Waals surface area contributed by atoms with E-state index in [1.165, 1.54) is 6.07 Å². The highest BCUT2D eigenvalue weighted by molar-refractivity contribution is 6.31. The lowest BCUT2D eigenvalue weighted by Gasteiger charge is -2.33. The molecule has 0 radical (unpaired) electrons. The van der Waals surface area contributed by atoms with Gasteiger partial charge in [0.05, 0.1) is 12.6 Å². The Balaban J connectivity index is 1.40. The summed E-state index contributed by atoms with van der Waals surface area (Å²) >= 11 is 6.08. The Morgan fingerprint density at radius 2 is 2.04 bits per heavy atom. The first-order chi connectivity index (χ1) is 13.6. The van der Waals surface area contributed by atoms with Crippen LogP contribution in [-0.4, -0.2) is 36.1 Å². The fraction of sp³-hybridized carbons (Fsp3) is 0.318. The monoisotopic (exact) mass is 399 g/mol. The van der Waals surface area contributed by atoms with Crippen molar-refractivity contribution in [3.63, 3.8) is 0 Å². The van der Waals surface area contributed by atoms with Crippen LogP contribution < -0.4 is 10.1 Å². The van der Waals surface area contributed by atoms with Crippen LogP contribution in [0.3, 0.4) is 0 Å². The number of halogens is 2. The topological polar surface area (TPSA) is 37.4 Å². The summed E-state index contributed by atoms with van der Waals surface area (Å²) in [6, 6.07) is 13.1. The van der Waals surface area contributed by atoms with Gasteiger partial charge in [-0.05, 0) is 49.2 Å². The third-order valence-corrected chi connectivity index (χ3v) is 5.56. The summed E-state index contributed by atoms with van der Waals surface area (Å²) in [5, 5.41) is 5.42. The Labute approximate surface area is 169 Å². The predicted octanol–water partition coefficient (Wildman–Crippen LogP) is 5.11. The highest BCUT2D eigenvalue weighted by Gasteiger charge is 2.22. The molecule has 1 aliphatic heterocycles. The van der Waals surface area contributed by atoms with Crippen molar-refractivity contribution in [3.8, 4) is 5.75 Å². The third-order valence-electron chi connectivity index (χ3n) is 5.33. The smallest absolute Gasteiger partial charge is 0.131 e. The zero-order chi connectivity index (χ0) is 19.5. The lowest BCUT2D eigenvalue weighted by atomic mass is 10.0. The van der Waals surface area contributed by atoms with Crippen molar-refractivity contribution >= 4 is 28.2 Å². The number of rotatable bonds is 5. The zero-order valence-electron chi connectivity index (χ0n) is 15.8. The fourth-order valence-corrected chi connectivity index (χ4v) is 3.98. The normalized spacial score (nSPS) is 15.7. The maximum Gasteiger partial charge on any atom is 0.131 e. The second-order valence-corrected chi connectivity index (χ2v) is 7.57. The maximum atomic E-state index is 14.2. The van der Waals surface area contributed by atoms with Gasteiger partial charge in [-0.15, -0.1) is 0 Å². The van der Waals surface area contributed by atoms with Gasteiger partial charge in [-0.1, -0.05) is 17.7 Å². The molecule has 0 amide bonds. The highest BCUT2D eigenvalue weighted by Crippen LogP contribution is 2.28. The van der Waals surface area contributed by atoms with E-state index in [1.807, 2.05) is 30.3 Å². The average molecular weight is 400 g/mol. The Morgan fingerprint density at radius 3 is 2.82 bits per heavy atom. The number of ether oxygens (including phenoxy) is 1. The first-order valence-corrected chi connectivity index (χ1v) is 9.86. The molecular formula is C22H23ClFN3O. The fourth-order valence-electron chi connectivity index (χ4n) is 3.81. The molecule has 1 fully saturated rings. The number of nitrogens with one attached hydrogen (secondary N) is 1. The van der Waals surface area contributed by atoms with Gasteiger partial charge in [-0.2, -0.15) is 0 Å². The number of aromatic nitrogens is 1. The Morgan fingerprint density at radius 1 is 1.21 bits per heavy atom. The number of anilines is 1. The van der Waals surface area contributed by atoms with Crippen LogP contribution in [0.4, 0.5) is 10.1 Å². The molecule has 1 aromatic heterocycles. The number of fused-ring (bicyclic) bond motifs is 1. The van der Waals surface area contributed by atoms with Crippen LogP contribution in [0.1, 0.15) is 18.4 Å². The lowest BCUT2D eigenvalue weighted by molar-refractivity contribution is 0.206. The minimum Gasteiger partial charge on any atom is -0.496 e. The lowest BCUT2D eigenvalue weighted by Crippen LogP contribution is -2.38. The van der Waals surface area contributed by atoms with E-state index < -0.39 is 0 Å². The molecule has 1 aliphatic rings. The summed E-state index contributed by atoms with van der Waals surface area (Å²) in [4.78, 5) is 6.68. The van der Waals surface area contributed by atoms with Gasteiger partial charge in [0.1, 0.15) is 11.6 Å². The van der Waals surface area contributed by atoms with Crippen molar-refractivity contribution in [3.05, 3.63) is 65.1 Å². The van der Waals surface area contributed by atoms with Crippen LogP contribution in [0.2, 0.25) is 5.02 Å². The van der Waals surface area contributed by atoms with E-state index in [1.54, 1.807) is 19.4 Å². The molecule has 1 N–H and O–H groups in total. The molecule has 2 aromatic carbocycles. The van der Waals surface area contributed by atoms with E-state index in [2.05, 4.69) is 15.2 Å². The van der Waals surface area contributed by atoms with E-state index in [0.717, 1.165) is 42.5 Å². The van der Waals surface area contributed by atoms with Crippen molar-refractivity contribution in [2.75, 3.05) is 25.5 Å². The molecule has 0 bridgehead atoms. The van der Waals surface area contributed by atoms with Crippen LogP contribution in [0, 0.1) is 5.82 Å². The Kier molecular flexibility index (Phi) is 5.64. The largest absolute Gasteiger partial charge is 0.496 e. The second kappa shape index (κ2) is 8.33. The zero-order valence-corrected chi connectivity index (χ0v) is 16.5. The molecule has 1 saturated heterocycles. The molecule has 2 heterocycles. The van der Waals surface area contributed by atoms with Crippen LogP contribution in [-0.2, 0) is 6.54 Å². The standard InChI is InChI=1S/C22H23ClFN3O/c1-28-22-4-2-3-19(24)18(22)14-27-11-8-16(9-12-27)26-20-7-10-25-21-13-15(23)5-6-17(20)21/h2-7,10,13,16H,8-9,11-12,14H2,1H3,(H,25,26). The molecular weight excluding hydrogens is 377 g/mol. The Bertz CT molecular complexity index is 973. The number of nitrogens with zero attached hydrogens (tertiary/aromatic N) is 2. The molecule has 28 heavy (non-hydrogen) atoms. The van der Waals surface area contributed by atoms with Crippen molar-refractivity contribution in [1.29, 1.82) is 0 Å². The molecule has 3 aromatic rings. The maximum absolute atomic E-state index is 14.2. The number of benzene rings is 2. The van der Waals surface area contributed by atoms with Crippen LogP contribution in [0.15, 0.2) is 48.7 Å².